The average molecular weight is 318 g/mol. The van der Waals surface area contributed by atoms with Crippen LogP contribution in [0.25, 0.3) is 0 Å². The van der Waals surface area contributed by atoms with Crippen molar-refractivity contribution in [1.29, 1.82) is 0 Å². The normalized spacial score (nSPS) is 11.8. The molecule has 112 valence electrons. The van der Waals surface area contributed by atoms with E-state index in [4.69, 9.17) is 11.6 Å². The van der Waals surface area contributed by atoms with Gasteiger partial charge >= 0.3 is 0 Å². The molecule has 0 aliphatic carbocycles. The smallest absolute Gasteiger partial charge is 0.243 e. The predicted molar refractivity (Wildman–Crippen MR) is 81.4 cm³/mol. The monoisotopic (exact) mass is 317 g/mol. The lowest BCUT2D eigenvalue weighted by atomic mass is 10.1. The van der Waals surface area contributed by atoms with Crippen LogP contribution in [-0.2, 0) is 16.6 Å². The van der Waals surface area contributed by atoms with Crippen LogP contribution in [0.1, 0.15) is 24.5 Å². The first kappa shape index (κ1) is 17.2. The Morgan fingerprint density at radius 2 is 2.10 bits per heavy atom. The van der Waals surface area contributed by atoms with Gasteiger partial charge in [0.2, 0.25) is 10.0 Å². The molecule has 0 spiro atoms. The summed E-state index contributed by atoms with van der Waals surface area (Å²) in [6.45, 7) is 7.59. The summed E-state index contributed by atoms with van der Waals surface area (Å²) in [6.07, 6.45) is 2.26. The number of aliphatic hydroxyl groups is 1. The molecule has 0 aliphatic rings. The Morgan fingerprint density at radius 3 is 2.60 bits per heavy atom. The van der Waals surface area contributed by atoms with Crippen LogP contribution in [-0.4, -0.2) is 30.9 Å². The average Bonchev–Trinajstić information content (AvgIpc) is 2.40. The minimum atomic E-state index is -3.64. The van der Waals surface area contributed by atoms with Crippen LogP contribution in [0.2, 0.25) is 5.02 Å². The highest BCUT2D eigenvalue weighted by Gasteiger charge is 2.26. The largest absolute Gasteiger partial charge is 0.392 e. The van der Waals surface area contributed by atoms with Crippen LogP contribution in [0.3, 0.4) is 0 Å². The number of benzene rings is 1. The summed E-state index contributed by atoms with van der Waals surface area (Å²) in [5.41, 5.74) is 1.05. The maximum absolute atomic E-state index is 12.7. The number of sulfonamides is 1. The van der Waals surface area contributed by atoms with E-state index < -0.39 is 10.0 Å². The number of rotatable bonds is 7. The molecule has 0 bridgehead atoms. The quantitative estimate of drug-likeness (QED) is 0.787. The second-order valence-electron chi connectivity index (χ2n) is 4.50. The standard InChI is InChI=1S/C14H20ClNO3S/c1-4-6-16(7-5-2)20(18,19)14-9-13(15)8-12(10-17)11(14)3/h4,8-9,17H,1,5-7,10H2,2-3H3. The fourth-order valence-corrected chi connectivity index (χ4v) is 4.08. The van der Waals surface area contributed by atoms with Gasteiger partial charge < -0.3 is 5.11 Å². The summed E-state index contributed by atoms with van der Waals surface area (Å²) >= 11 is 5.95. The van der Waals surface area contributed by atoms with Gasteiger partial charge in [-0.15, -0.1) is 6.58 Å². The number of hydrogen-bond donors (Lipinski definition) is 1. The van der Waals surface area contributed by atoms with E-state index >= 15 is 0 Å². The summed E-state index contributed by atoms with van der Waals surface area (Å²) in [7, 11) is -3.64. The van der Waals surface area contributed by atoms with Gasteiger partial charge in [0.1, 0.15) is 0 Å². The maximum Gasteiger partial charge on any atom is 0.243 e. The third-order valence-electron chi connectivity index (χ3n) is 3.03. The highest BCUT2D eigenvalue weighted by molar-refractivity contribution is 7.89. The Kier molecular flexibility index (Phi) is 6.20. The van der Waals surface area contributed by atoms with Gasteiger partial charge in [-0.2, -0.15) is 4.31 Å². The molecule has 0 aliphatic heterocycles. The van der Waals surface area contributed by atoms with E-state index in [1.54, 1.807) is 19.1 Å². The van der Waals surface area contributed by atoms with E-state index in [1.165, 1.54) is 10.4 Å². The van der Waals surface area contributed by atoms with Crippen LogP contribution >= 0.6 is 11.6 Å². The van der Waals surface area contributed by atoms with Gasteiger partial charge in [-0.1, -0.05) is 24.6 Å². The van der Waals surface area contributed by atoms with E-state index in [1.807, 2.05) is 6.92 Å². The third-order valence-corrected chi connectivity index (χ3v) is 5.24. The lowest BCUT2D eigenvalue weighted by Crippen LogP contribution is -2.32. The number of hydrogen-bond acceptors (Lipinski definition) is 3. The van der Waals surface area contributed by atoms with Crippen molar-refractivity contribution in [2.24, 2.45) is 0 Å². The molecule has 6 heteroatoms. The zero-order chi connectivity index (χ0) is 15.3. The van der Waals surface area contributed by atoms with Gasteiger partial charge in [-0.3, -0.25) is 0 Å². The SMILES string of the molecule is C=CCN(CCC)S(=O)(=O)c1cc(Cl)cc(CO)c1C. The first-order valence-electron chi connectivity index (χ1n) is 6.39. The molecule has 1 N–H and O–H groups in total. The maximum atomic E-state index is 12.7. The first-order valence-corrected chi connectivity index (χ1v) is 8.21. The van der Waals surface area contributed by atoms with Gasteiger partial charge in [0.05, 0.1) is 11.5 Å². The summed E-state index contributed by atoms with van der Waals surface area (Å²) < 4.78 is 26.7. The van der Waals surface area contributed by atoms with Crippen LogP contribution in [0.5, 0.6) is 0 Å². The molecule has 4 nitrogen and oxygen atoms in total. The molecule has 20 heavy (non-hydrogen) atoms. The van der Waals surface area contributed by atoms with Crippen molar-refractivity contribution in [1.82, 2.24) is 4.31 Å². The number of aliphatic hydroxyl groups excluding tert-OH is 1. The highest BCUT2D eigenvalue weighted by atomic mass is 35.5. The lowest BCUT2D eigenvalue weighted by molar-refractivity contribution is 0.280. The van der Waals surface area contributed by atoms with Crippen molar-refractivity contribution >= 4 is 21.6 Å². The van der Waals surface area contributed by atoms with Crippen molar-refractivity contribution in [3.8, 4) is 0 Å². The lowest BCUT2D eigenvalue weighted by Gasteiger charge is -2.22. The minimum Gasteiger partial charge on any atom is -0.392 e. The zero-order valence-electron chi connectivity index (χ0n) is 11.8. The molecule has 0 saturated heterocycles. The molecule has 0 fully saturated rings. The van der Waals surface area contributed by atoms with E-state index in [0.29, 0.717) is 29.1 Å². The fourth-order valence-electron chi connectivity index (χ4n) is 1.98. The van der Waals surface area contributed by atoms with E-state index in [2.05, 4.69) is 6.58 Å². The second-order valence-corrected chi connectivity index (χ2v) is 6.84. The van der Waals surface area contributed by atoms with E-state index in [9.17, 15) is 13.5 Å². The van der Waals surface area contributed by atoms with E-state index in [0.717, 1.165) is 0 Å². The van der Waals surface area contributed by atoms with Gasteiger partial charge in [0.15, 0.2) is 0 Å². The number of nitrogens with zero attached hydrogens (tertiary/aromatic N) is 1. The Balaban J connectivity index is 3.40. The summed E-state index contributed by atoms with van der Waals surface area (Å²) in [6, 6.07) is 3.00. The van der Waals surface area contributed by atoms with Gasteiger partial charge in [-0.05, 0) is 36.6 Å². The van der Waals surface area contributed by atoms with Crippen LogP contribution in [0.4, 0.5) is 0 Å². The van der Waals surface area contributed by atoms with Gasteiger partial charge in [-0.25, -0.2) is 8.42 Å². The molecule has 0 radical (unpaired) electrons. The zero-order valence-corrected chi connectivity index (χ0v) is 13.3. The molecule has 1 rings (SSSR count). The summed E-state index contributed by atoms with van der Waals surface area (Å²) in [5, 5.41) is 9.59. The van der Waals surface area contributed by atoms with Crippen LogP contribution < -0.4 is 0 Å². The van der Waals surface area contributed by atoms with Crippen molar-refractivity contribution in [2.75, 3.05) is 13.1 Å². The highest BCUT2D eigenvalue weighted by Crippen LogP contribution is 2.27. The summed E-state index contributed by atoms with van der Waals surface area (Å²) in [4.78, 5) is 0.143. The molecule has 0 unspecified atom stereocenters. The second kappa shape index (κ2) is 7.22. The Hall–Kier alpha value is -0.880. The van der Waals surface area contributed by atoms with Crippen LogP contribution in [0, 0.1) is 6.92 Å². The van der Waals surface area contributed by atoms with Crippen molar-refractivity contribution in [3.63, 3.8) is 0 Å². The molecule has 0 amide bonds. The Morgan fingerprint density at radius 1 is 1.45 bits per heavy atom. The molecule has 1 aromatic rings. The van der Waals surface area contributed by atoms with Crippen molar-refractivity contribution in [3.05, 3.63) is 40.9 Å². The molecular formula is C14H20ClNO3S. The molecule has 0 heterocycles. The van der Waals surface area contributed by atoms with Gasteiger partial charge in [0, 0.05) is 18.1 Å². The fraction of sp³-hybridized carbons (Fsp3) is 0.429. The molecule has 0 saturated carbocycles. The molecule has 1 aromatic carbocycles. The van der Waals surface area contributed by atoms with Crippen LogP contribution in [0.15, 0.2) is 29.7 Å². The molecular weight excluding hydrogens is 298 g/mol. The molecule has 0 atom stereocenters. The van der Waals surface area contributed by atoms with Gasteiger partial charge in [0.25, 0.3) is 0 Å². The van der Waals surface area contributed by atoms with Crippen molar-refractivity contribution < 1.29 is 13.5 Å². The summed E-state index contributed by atoms with van der Waals surface area (Å²) in [5.74, 6) is 0. The molecule has 0 aromatic heterocycles. The first-order chi connectivity index (χ1) is 9.38. The van der Waals surface area contributed by atoms with E-state index in [-0.39, 0.29) is 18.0 Å². The Bertz CT molecular complexity index is 584. The third kappa shape index (κ3) is 3.61. The van der Waals surface area contributed by atoms with Crippen molar-refractivity contribution in [2.45, 2.75) is 31.8 Å². The Labute approximate surface area is 125 Å². The minimum absolute atomic E-state index is 0.143. The predicted octanol–water partition coefficient (Wildman–Crippen LogP) is 2.73. The number of halogens is 1. The topological polar surface area (TPSA) is 57.6 Å².